The van der Waals surface area contributed by atoms with Crippen LogP contribution < -0.4 is 10.2 Å². The lowest BCUT2D eigenvalue weighted by molar-refractivity contribution is -0.138. The monoisotopic (exact) mass is 422 g/mol. The Balaban J connectivity index is 1.79. The number of nitrogens with zero attached hydrogens (tertiary/aromatic N) is 1. The Morgan fingerprint density at radius 3 is 2.68 bits per heavy atom. The number of hydrogen-bond donors (Lipinski definition) is 2. The molecule has 164 valence electrons. The van der Waals surface area contributed by atoms with Gasteiger partial charge in [-0.15, -0.1) is 0 Å². The summed E-state index contributed by atoms with van der Waals surface area (Å²) in [6.45, 7) is 4.87. The summed E-state index contributed by atoms with van der Waals surface area (Å²) in [7, 11) is 1.37. The Hall–Kier alpha value is -3.02. The summed E-state index contributed by atoms with van der Waals surface area (Å²) >= 11 is 0. The highest BCUT2D eigenvalue weighted by molar-refractivity contribution is 5.87. The predicted molar refractivity (Wildman–Crippen MR) is 121 cm³/mol. The number of alkyl carbamates (subject to hydrolysis) is 1. The van der Waals surface area contributed by atoms with Crippen LogP contribution in [-0.4, -0.2) is 42.9 Å². The number of rotatable bonds is 6. The highest BCUT2D eigenvalue weighted by Crippen LogP contribution is 2.45. The summed E-state index contributed by atoms with van der Waals surface area (Å²) in [5.41, 5.74) is 7.00. The Morgan fingerprint density at radius 2 is 1.97 bits per heavy atom. The zero-order valence-corrected chi connectivity index (χ0v) is 18.4. The van der Waals surface area contributed by atoms with Crippen molar-refractivity contribution in [1.82, 2.24) is 5.32 Å². The molecule has 0 aromatic heterocycles. The number of carbonyl (C=O) groups excluding carboxylic acids is 1. The first-order valence-corrected chi connectivity index (χ1v) is 11.0. The molecular formula is C25H30N2O4. The maximum absolute atomic E-state index is 12.0. The van der Waals surface area contributed by atoms with E-state index in [1.54, 1.807) is 0 Å². The average molecular weight is 423 g/mol. The largest absolute Gasteiger partial charge is 0.480 e. The lowest BCUT2D eigenvalue weighted by Crippen LogP contribution is -2.41. The van der Waals surface area contributed by atoms with E-state index in [1.165, 1.54) is 29.4 Å². The number of anilines is 1. The molecule has 1 fully saturated rings. The third-order valence-electron chi connectivity index (χ3n) is 6.60. The number of aliphatic carboxylic acids is 1. The molecule has 2 aromatic rings. The van der Waals surface area contributed by atoms with Crippen LogP contribution in [0.15, 0.2) is 36.4 Å². The first-order valence-electron chi connectivity index (χ1n) is 11.0. The van der Waals surface area contributed by atoms with Gasteiger partial charge in [0.1, 0.15) is 6.04 Å². The molecule has 0 bridgehead atoms. The van der Waals surface area contributed by atoms with E-state index >= 15 is 0 Å². The normalized spacial score (nSPS) is 17.9. The van der Waals surface area contributed by atoms with E-state index in [4.69, 9.17) is 4.74 Å². The molecule has 6 heteroatoms. The predicted octanol–water partition coefficient (Wildman–Crippen LogP) is 4.23. The molecule has 2 aromatic carbocycles. The third-order valence-corrected chi connectivity index (χ3v) is 6.60. The molecule has 31 heavy (non-hydrogen) atoms. The summed E-state index contributed by atoms with van der Waals surface area (Å²) in [5.74, 6) is -0.573. The molecule has 6 nitrogen and oxygen atoms in total. The summed E-state index contributed by atoms with van der Waals surface area (Å²) in [6.07, 6.45) is 2.49. The van der Waals surface area contributed by atoms with E-state index in [1.807, 2.05) is 6.07 Å². The van der Waals surface area contributed by atoms with Gasteiger partial charge in [0, 0.05) is 24.7 Å². The zero-order valence-electron chi connectivity index (χ0n) is 18.4. The van der Waals surface area contributed by atoms with Crippen LogP contribution in [0.5, 0.6) is 0 Å². The fourth-order valence-corrected chi connectivity index (χ4v) is 4.96. The fraction of sp³-hybridized carbons (Fsp3) is 0.440. The Morgan fingerprint density at radius 1 is 1.19 bits per heavy atom. The van der Waals surface area contributed by atoms with Gasteiger partial charge in [-0.2, -0.15) is 0 Å². The number of ether oxygens (including phenoxy) is 1. The molecule has 1 saturated heterocycles. The Bertz CT molecular complexity index is 1000. The van der Waals surface area contributed by atoms with Gasteiger partial charge in [-0.25, -0.2) is 9.59 Å². The van der Waals surface area contributed by atoms with Crippen molar-refractivity contribution < 1.29 is 19.4 Å². The molecule has 2 atom stereocenters. The zero-order chi connectivity index (χ0) is 22.1. The van der Waals surface area contributed by atoms with Crippen LogP contribution >= 0.6 is 0 Å². The maximum atomic E-state index is 12.0. The van der Waals surface area contributed by atoms with E-state index in [9.17, 15) is 14.7 Å². The van der Waals surface area contributed by atoms with Crippen molar-refractivity contribution in [3.05, 3.63) is 53.1 Å². The van der Waals surface area contributed by atoms with Gasteiger partial charge in [0.2, 0.25) is 0 Å². The minimum atomic E-state index is -0.773. The number of amides is 1. The standard InChI is InChI=1S/C25H30N2O4/c1-15(2)21(26-25(30)31-3)14-17-10-11-19-18-8-5-4-7-16(18)13-20(19)23(17)27-12-6-9-22(27)24(28)29/h4-5,7-8,10-11,15,21-22H,6,9,12-14H2,1-3H3,(H,26,30)(H,28,29)/t21-,22-/m0/s1. The van der Waals surface area contributed by atoms with Crippen LogP contribution in [0.25, 0.3) is 11.1 Å². The lowest BCUT2D eigenvalue weighted by Gasteiger charge is -2.31. The van der Waals surface area contributed by atoms with Crippen molar-refractivity contribution in [3.63, 3.8) is 0 Å². The molecular weight excluding hydrogens is 392 g/mol. The SMILES string of the molecule is COC(=O)N[C@@H](Cc1ccc2c(c1N1CCC[C@H]1C(=O)O)Cc1ccccc1-2)C(C)C. The van der Waals surface area contributed by atoms with Crippen molar-refractivity contribution in [2.75, 3.05) is 18.6 Å². The first-order chi connectivity index (χ1) is 14.9. The fourth-order valence-electron chi connectivity index (χ4n) is 4.96. The summed E-state index contributed by atoms with van der Waals surface area (Å²) in [4.78, 5) is 26.0. The van der Waals surface area contributed by atoms with Gasteiger partial charge in [-0.1, -0.05) is 50.2 Å². The van der Waals surface area contributed by atoms with Crippen molar-refractivity contribution in [1.29, 1.82) is 0 Å². The molecule has 1 aliphatic carbocycles. The van der Waals surface area contributed by atoms with Crippen LogP contribution in [0.1, 0.15) is 43.4 Å². The molecule has 4 rings (SSSR count). The number of methoxy groups -OCH3 is 1. The van der Waals surface area contributed by atoms with Gasteiger partial charge in [0.25, 0.3) is 0 Å². The lowest BCUT2D eigenvalue weighted by atomic mass is 9.91. The van der Waals surface area contributed by atoms with Crippen LogP contribution in [0.4, 0.5) is 10.5 Å². The molecule has 2 aliphatic rings. The van der Waals surface area contributed by atoms with Crippen molar-refractivity contribution in [2.24, 2.45) is 5.92 Å². The molecule has 2 N–H and O–H groups in total. The molecule has 0 unspecified atom stereocenters. The minimum absolute atomic E-state index is 0.112. The maximum Gasteiger partial charge on any atom is 0.407 e. The number of nitrogens with one attached hydrogen (secondary N) is 1. The van der Waals surface area contributed by atoms with E-state index < -0.39 is 18.1 Å². The number of hydrogen-bond acceptors (Lipinski definition) is 4. The highest BCUT2D eigenvalue weighted by Gasteiger charge is 2.36. The summed E-state index contributed by atoms with van der Waals surface area (Å²) in [6, 6.07) is 12.0. The smallest absolute Gasteiger partial charge is 0.407 e. The van der Waals surface area contributed by atoms with Crippen LogP contribution in [0.2, 0.25) is 0 Å². The van der Waals surface area contributed by atoms with E-state index in [0.29, 0.717) is 12.8 Å². The van der Waals surface area contributed by atoms with Crippen molar-refractivity contribution in [2.45, 2.75) is 51.6 Å². The Labute approximate surface area is 183 Å². The van der Waals surface area contributed by atoms with Crippen LogP contribution in [-0.2, 0) is 22.4 Å². The van der Waals surface area contributed by atoms with Gasteiger partial charge in [0.05, 0.1) is 7.11 Å². The third kappa shape index (κ3) is 3.99. The van der Waals surface area contributed by atoms with E-state index in [0.717, 1.165) is 30.6 Å². The molecule has 1 heterocycles. The van der Waals surface area contributed by atoms with Gasteiger partial charge in [0.15, 0.2) is 0 Å². The molecule has 0 saturated carbocycles. The van der Waals surface area contributed by atoms with Crippen LogP contribution in [0, 0.1) is 5.92 Å². The second-order valence-corrected chi connectivity index (χ2v) is 8.81. The molecule has 1 aliphatic heterocycles. The number of fused-ring (bicyclic) bond motifs is 3. The number of carbonyl (C=O) groups is 2. The average Bonchev–Trinajstić information content (AvgIpc) is 3.37. The van der Waals surface area contributed by atoms with E-state index in [2.05, 4.69) is 54.4 Å². The summed E-state index contributed by atoms with van der Waals surface area (Å²) < 4.78 is 4.83. The number of carboxylic acid groups (broad SMARTS) is 1. The van der Waals surface area contributed by atoms with Gasteiger partial charge in [-0.05, 0) is 53.0 Å². The van der Waals surface area contributed by atoms with Crippen LogP contribution in [0.3, 0.4) is 0 Å². The topological polar surface area (TPSA) is 78.9 Å². The van der Waals surface area contributed by atoms with Crippen molar-refractivity contribution >= 4 is 17.7 Å². The second-order valence-electron chi connectivity index (χ2n) is 8.81. The number of carboxylic acids is 1. The molecule has 1 amide bonds. The highest BCUT2D eigenvalue weighted by atomic mass is 16.5. The second kappa shape index (κ2) is 8.61. The number of benzene rings is 2. The summed E-state index contributed by atoms with van der Waals surface area (Å²) in [5, 5.41) is 12.8. The first kappa shape index (κ1) is 21.2. The van der Waals surface area contributed by atoms with Crippen molar-refractivity contribution in [3.8, 4) is 11.1 Å². The van der Waals surface area contributed by atoms with E-state index in [-0.39, 0.29) is 12.0 Å². The van der Waals surface area contributed by atoms with Gasteiger partial charge >= 0.3 is 12.1 Å². The Kier molecular flexibility index (Phi) is 5.90. The molecule has 0 radical (unpaired) electrons. The van der Waals surface area contributed by atoms with Gasteiger partial charge in [-0.3, -0.25) is 0 Å². The van der Waals surface area contributed by atoms with Gasteiger partial charge < -0.3 is 20.1 Å². The molecule has 0 spiro atoms. The quantitative estimate of drug-likeness (QED) is 0.621. The minimum Gasteiger partial charge on any atom is -0.480 e.